The fraction of sp³-hybridized carbons (Fsp3) is 0.786. The Morgan fingerprint density at radius 2 is 1.95 bits per heavy atom. The lowest BCUT2D eigenvalue weighted by atomic mass is 9.82. The van der Waals surface area contributed by atoms with Crippen molar-refractivity contribution in [2.24, 2.45) is 0 Å². The third kappa shape index (κ3) is 2.64. The van der Waals surface area contributed by atoms with Gasteiger partial charge in [-0.2, -0.15) is 0 Å². The van der Waals surface area contributed by atoms with Crippen molar-refractivity contribution in [3.63, 3.8) is 0 Å². The van der Waals surface area contributed by atoms with E-state index in [4.69, 9.17) is 5.11 Å². The van der Waals surface area contributed by atoms with Crippen molar-refractivity contribution < 1.29 is 19.5 Å². The molecule has 1 heterocycles. The van der Waals surface area contributed by atoms with Crippen LogP contribution in [0.4, 0.5) is 0 Å². The zero-order valence-corrected chi connectivity index (χ0v) is 12.0. The third-order valence-electron chi connectivity index (χ3n) is 4.36. The Balaban J connectivity index is 2.21. The molecule has 1 aliphatic carbocycles. The van der Waals surface area contributed by atoms with Gasteiger partial charge in [-0.15, -0.1) is 0 Å². The number of aliphatic carboxylic acids is 1. The van der Waals surface area contributed by atoms with Gasteiger partial charge in [0.05, 0.1) is 12.5 Å². The number of amides is 2. The first-order valence-corrected chi connectivity index (χ1v) is 7.19. The number of fused-ring (bicyclic) bond motifs is 1. The number of carbonyl (C=O) groups is 3. The summed E-state index contributed by atoms with van der Waals surface area (Å²) in [6.07, 6.45) is 3.61. The Kier molecular flexibility index (Phi) is 4.01. The van der Waals surface area contributed by atoms with Crippen LogP contribution < -0.4 is 5.32 Å². The summed E-state index contributed by atoms with van der Waals surface area (Å²) in [7, 11) is 0. The quantitative estimate of drug-likeness (QED) is 0.805. The molecular formula is C14H22N2O4. The second kappa shape index (κ2) is 5.42. The van der Waals surface area contributed by atoms with Gasteiger partial charge in [-0.25, -0.2) is 0 Å². The van der Waals surface area contributed by atoms with Crippen molar-refractivity contribution in [1.82, 2.24) is 10.2 Å². The van der Waals surface area contributed by atoms with Crippen LogP contribution in [0.5, 0.6) is 0 Å². The largest absolute Gasteiger partial charge is 0.481 e. The van der Waals surface area contributed by atoms with E-state index >= 15 is 0 Å². The molecule has 0 radical (unpaired) electrons. The number of nitrogens with one attached hydrogen (secondary N) is 1. The first-order valence-electron chi connectivity index (χ1n) is 7.19. The maximum Gasteiger partial charge on any atom is 0.303 e. The smallest absolute Gasteiger partial charge is 0.303 e. The Hall–Kier alpha value is -1.59. The van der Waals surface area contributed by atoms with Crippen LogP contribution in [-0.4, -0.2) is 45.4 Å². The van der Waals surface area contributed by atoms with Gasteiger partial charge < -0.3 is 15.3 Å². The Labute approximate surface area is 118 Å². The maximum absolute atomic E-state index is 12.4. The van der Waals surface area contributed by atoms with Gasteiger partial charge in [0.15, 0.2) is 0 Å². The lowest BCUT2D eigenvalue weighted by Gasteiger charge is -2.52. The molecule has 6 heteroatoms. The van der Waals surface area contributed by atoms with Crippen LogP contribution in [0.3, 0.4) is 0 Å². The van der Waals surface area contributed by atoms with E-state index < -0.39 is 11.5 Å². The summed E-state index contributed by atoms with van der Waals surface area (Å²) in [5.41, 5.74) is -0.909. The number of hydrogen-bond acceptors (Lipinski definition) is 3. The van der Waals surface area contributed by atoms with E-state index in [-0.39, 0.29) is 36.7 Å². The molecule has 2 fully saturated rings. The van der Waals surface area contributed by atoms with E-state index in [1.54, 1.807) is 18.7 Å². The molecule has 2 aliphatic rings. The monoisotopic (exact) mass is 282 g/mol. The molecule has 112 valence electrons. The van der Waals surface area contributed by atoms with Crippen LogP contribution in [0.2, 0.25) is 0 Å². The van der Waals surface area contributed by atoms with Gasteiger partial charge in [0.1, 0.15) is 5.54 Å². The highest BCUT2D eigenvalue weighted by atomic mass is 16.4. The molecule has 2 N–H and O–H groups in total. The molecule has 20 heavy (non-hydrogen) atoms. The normalized spacial score (nSPS) is 28.5. The van der Waals surface area contributed by atoms with Gasteiger partial charge in [0.2, 0.25) is 11.8 Å². The highest BCUT2D eigenvalue weighted by Crippen LogP contribution is 2.33. The number of nitrogens with zero attached hydrogens (tertiary/aromatic N) is 1. The fourth-order valence-electron chi connectivity index (χ4n) is 3.29. The van der Waals surface area contributed by atoms with Crippen LogP contribution >= 0.6 is 0 Å². The summed E-state index contributed by atoms with van der Waals surface area (Å²) in [5, 5.41) is 11.7. The van der Waals surface area contributed by atoms with Crippen molar-refractivity contribution in [1.29, 1.82) is 0 Å². The molecular weight excluding hydrogens is 260 g/mol. The Bertz CT molecular complexity index is 433. The lowest BCUT2D eigenvalue weighted by molar-refractivity contribution is -0.158. The molecule has 1 saturated heterocycles. The van der Waals surface area contributed by atoms with Gasteiger partial charge in [0.25, 0.3) is 0 Å². The summed E-state index contributed by atoms with van der Waals surface area (Å²) < 4.78 is 0. The van der Waals surface area contributed by atoms with Gasteiger partial charge in [-0.05, 0) is 26.7 Å². The van der Waals surface area contributed by atoms with E-state index in [9.17, 15) is 14.4 Å². The minimum atomic E-state index is -0.988. The number of hydrogen-bond donors (Lipinski definition) is 2. The van der Waals surface area contributed by atoms with Crippen LogP contribution in [-0.2, 0) is 14.4 Å². The third-order valence-corrected chi connectivity index (χ3v) is 4.36. The zero-order valence-electron chi connectivity index (χ0n) is 12.0. The van der Waals surface area contributed by atoms with Crippen molar-refractivity contribution >= 4 is 17.8 Å². The van der Waals surface area contributed by atoms with E-state index in [0.717, 1.165) is 25.7 Å². The SMILES string of the molecule is CC1(C)C(=O)N[C@@H]2CCCC[C@@H]2N1C(=O)CCC(=O)O. The Morgan fingerprint density at radius 3 is 2.60 bits per heavy atom. The topological polar surface area (TPSA) is 86.7 Å². The molecule has 6 nitrogen and oxygen atoms in total. The number of rotatable bonds is 3. The molecule has 0 unspecified atom stereocenters. The average molecular weight is 282 g/mol. The lowest BCUT2D eigenvalue weighted by Crippen LogP contribution is -2.72. The highest BCUT2D eigenvalue weighted by Gasteiger charge is 2.49. The van der Waals surface area contributed by atoms with Crippen molar-refractivity contribution in [2.45, 2.75) is 70.0 Å². The average Bonchev–Trinajstić information content (AvgIpc) is 2.37. The number of piperazine rings is 1. The summed E-state index contributed by atoms with van der Waals surface area (Å²) >= 11 is 0. The molecule has 0 aromatic heterocycles. The fourth-order valence-corrected chi connectivity index (χ4v) is 3.29. The van der Waals surface area contributed by atoms with E-state index in [1.807, 2.05) is 0 Å². The minimum Gasteiger partial charge on any atom is -0.481 e. The van der Waals surface area contributed by atoms with E-state index in [2.05, 4.69) is 5.32 Å². The molecule has 1 saturated carbocycles. The highest BCUT2D eigenvalue weighted by molar-refractivity contribution is 5.93. The molecule has 2 rings (SSSR count). The van der Waals surface area contributed by atoms with E-state index in [0.29, 0.717) is 0 Å². The van der Waals surface area contributed by atoms with E-state index in [1.165, 1.54) is 0 Å². The summed E-state index contributed by atoms with van der Waals surface area (Å²) in [5.74, 6) is -1.37. The molecule has 0 bridgehead atoms. The first-order chi connectivity index (χ1) is 9.34. The minimum absolute atomic E-state index is 0.00209. The molecule has 0 spiro atoms. The summed E-state index contributed by atoms with van der Waals surface area (Å²) in [4.78, 5) is 36.9. The molecule has 0 aromatic carbocycles. The predicted octanol–water partition coefficient (Wildman–Crippen LogP) is 0.899. The van der Waals surface area contributed by atoms with Gasteiger partial charge >= 0.3 is 5.97 Å². The molecule has 2 amide bonds. The van der Waals surface area contributed by atoms with Crippen LogP contribution in [0.15, 0.2) is 0 Å². The first kappa shape index (κ1) is 14.8. The summed E-state index contributed by atoms with van der Waals surface area (Å²) in [6, 6.07) is 0.01000. The van der Waals surface area contributed by atoms with Crippen molar-refractivity contribution in [3.05, 3.63) is 0 Å². The molecule has 0 aromatic rings. The standard InChI is InChI=1S/C14H22N2O4/c1-14(2)13(20)15-9-5-3-4-6-10(9)16(14)11(17)7-8-12(18)19/h9-10H,3-8H2,1-2H3,(H,15,20)(H,18,19)/t9-,10+/m1/s1. The van der Waals surface area contributed by atoms with Crippen LogP contribution in [0.25, 0.3) is 0 Å². The number of carbonyl (C=O) groups excluding carboxylic acids is 2. The zero-order chi connectivity index (χ0) is 14.9. The number of carboxylic acids is 1. The van der Waals surface area contributed by atoms with Gasteiger partial charge in [-0.1, -0.05) is 12.8 Å². The second-order valence-corrected chi connectivity index (χ2v) is 6.15. The second-order valence-electron chi connectivity index (χ2n) is 6.15. The van der Waals surface area contributed by atoms with Gasteiger partial charge in [0, 0.05) is 12.5 Å². The Morgan fingerprint density at radius 1 is 1.30 bits per heavy atom. The molecule has 1 aliphatic heterocycles. The predicted molar refractivity (Wildman–Crippen MR) is 72.0 cm³/mol. The number of carboxylic acid groups (broad SMARTS) is 1. The van der Waals surface area contributed by atoms with Crippen molar-refractivity contribution in [2.75, 3.05) is 0 Å². The van der Waals surface area contributed by atoms with Crippen LogP contribution in [0, 0.1) is 0 Å². The molecule has 2 atom stereocenters. The van der Waals surface area contributed by atoms with Gasteiger partial charge in [-0.3, -0.25) is 14.4 Å². The van der Waals surface area contributed by atoms with Crippen molar-refractivity contribution in [3.8, 4) is 0 Å². The maximum atomic E-state index is 12.4. The van der Waals surface area contributed by atoms with Crippen LogP contribution in [0.1, 0.15) is 52.4 Å². The summed E-state index contributed by atoms with van der Waals surface area (Å²) in [6.45, 7) is 3.46.